The molecule has 2 nitrogen and oxygen atoms in total. The molecule has 0 atom stereocenters. The molecule has 0 aliphatic carbocycles. The molecule has 0 aliphatic heterocycles. The number of hydrogen-bond donors (Lipinski definition) is 1. The van der Waals surface area contributed by atoms with Gasteiger partial charge in [0.2, 0.25) is 0 Å². The number of benzene rings is 2. The SMILES string of the molecule is Cc1cc(-c2ccc(F)c(C)c2)c(C(=O)O)c(C(C)C)c1. The molecule has 0 aliphatic rings. The Hall–Kier alpha value is -2.16. The van der Waals surface area contributed by atoms with Crippen molar-refractivity contribution in [2.45, 2.75) is 33.6 Å². The van der Waals surface area contributed by atoms with Gasteiger partial charge in [0.05, 0.1) is 5.56 Å². The molecule has 0 saturated carbocycles. The second-order valence-electron chi connectivity index (χ2n) is 5.70. The maximum Gasteiger partial charge on any atom is 0.336 e. The van der Waals surface area contributed by atoms with Crippen molar-refractivity contribution >= 4 is 5.97 Å². The van der Waals surface area contributed by atoms with Crippen molar-refractivity contribution in [1.82, 2.24) is 0 Å². The van der Waals surface area contributed by atoms with Crippen LogP contribution in [0.1, 0.15) is 46.8 Å². The Kier molecular flexibility index (Phi) is 4.12. The first-order valence-corrected chi connectivity index (χ1v) is 6.95. The van der Waals surface area contributed by atoms with Gasteiger partial charge in [-0.2, -0.15) is 0 Å². The van der Waals surface area contributed by atoms with E-state index >= 15 is 0 Å². The number of rotatable bonds is 3. The molecule has 0 radical (unpaired) electrons. The maximum absolute atomic E-state index is 13.4. The normalized spacial score (nSPS) is 11.0. The van der Waals surface area contributed by atoms with Crippen LogP contribution in [-0.4, -0.2) is 11.1 Å². The van der Waals surface area contributed by atoms with Crippen LogP contribution in [0.5, 0.6) is 0 Å². The number of carbonyl (C=O) groups is 1. The minimum Gasteiger partial charge on any atom is -0.478 e. The quantitative estimate of drug-likeness (QED) is 0.868. The summed E-state index contributed by atoms with van der Waals surface area (Å²) in [6.45, 7) is 7.57. The fraction of sp³-hybridized carbons (Fsp3) is 0.278. The Labute approximate surface area is 124 Å². The van der Waals surface area contributed by atoms with Gasteiger partial charge >= 0.3 is 5.97 Å². The molecule has 0 bridgehead atoms. The maximum atomic E-state index is 13.4. The molecule has 3 heteroatoms. The highest BCUT2D eigenvalue weighted by molar-refractivity contribution is 5.98. The molecule has 0 fully saturated rings. The van der Waals surface area contributed by atoms with Crippen molar-refractivity contribution < 1.29 is 14.3 Å². The van der Waals surface area contributed by atoms with Crippen molar-refractivity contribution in [1.29, 1.82) is 0 Å². The lowest BCUT2D eigenvalue weighted by Crippen LogP contribution is -2.07. The highest BCUT2D eigenvalue weighted by Crippen LogP contribution is 2.32. The van der Waals surface area contributed by atoms with Crippen LogP contribution in [0.2, 0.25) is 0 Å². The Bertz CT molecular complexity index is 703. The number of aromatic carboxylic acids is 1. The molecule has 0 unspecified atom stereocenters. The van der Waals surface area contributed by atoms with Gasteiger partial charge in [-0.3, -0.25) is 0 Å². The van der Waals surface area contributed by atoms with Crippen LogP contribution in [0.25, 0.3) is 11.1 Å². The van der Waals surface area contributed by atoms with E-state index in [-0.39, 0.29) is 11.7 Å². The van der Waals surface area contributed by atoms with Gasteiger partial charge in [-0.15, -0.1) is 0 Å². The Morgan fingerprint density at radius 1 is 1.14 bits per heavy atom. The summed E-state index contributed by atoms with van der Waals surface area (Å²) in [6.07, 6.45) is 0. The molecule has 110 valence electrons. The third-order valence-corrected chi connectivity index (χ3v) is 3.62. The van der Waals surface area contributed by atoms with Crippen LogP contribution in [-0.2, 0) is 0 Å². The van der Waals surface area contributed by atoms with Crippen molar-refractivity contribution in [3.63, 3.8) is 0 Å². The van der Waals surface area contributed by atoms with Crippen LogP contribution in [0.3, 0.4) is 0 Å². The summed E-state index contributed by atoms with van der Waals surface area (Å²) in [6, 6.07) is 8.47. The van der Waals surface area contributed by atoms with Crippen molar-refractivity contribution in [3.8, 4) is 11.1 Å². The molecule has 0 saturated heterocycles. The summed E-state index contributed by atoms with van der Waals surface area (Å²) in [5.41, 5.74) is 4.00. The van der Waals surface area contributed by atoms with Gasteiger partial charge in [-0.1, -0.05) is 37.6 Å². The molecule has 2 aromatic rings. The zero-order chi connectivity index (χ0) is 15.7. The molecule has 21 heavy (non-hydrogen) atoms. The van der Waals surface area contributed by atoms with Gasteiger partial charge in [0.25, 0.3) is 0 Å². The second kappa shape index (κ2) is 5.68. The first-order valence-electron chi connectivity index (χ1n) is 6.95. The summed E-state index contributed by atoms with van der Waals surface area (Å²) < 4.78 is 13.4. The molecule has 0 amide bonds. The highest BCUT2D eigenvalue weighted by atomic mass is 19.1. The fourth-order valence-corrected chi connectivity index (χ4v) is 2.55. The van der Waals surface area contributed by atoms with Crippen LogP contribution in [0.4, 0.5) is 4.39 Å². The molecule has 0 heterocycles. The lowest BCUT2D eigenvalue weighted by molar-refractivity contribution is 0.0696. The van der Waals surface area contributed by atoms with E-state index in [1.807, 2.05) is 32.9 Å². The zero-order valence-electron chi connectivity index (χ0n) is 12.7. The van der Waals surface area contributed by atoms with E-state index in [1.165, 1.54) is 6.07 Å². The molecule has 0 spiro atoms. The Morgan fingerprint density at radius 2 is 1.81 bits per heavy atom. The molecule has 2 rings (SSSR count). The second-order valence-corrected chi connectivity index (χ2v) is 5.70. The summed E-state index contributed by atoms with van der Waals surface area (Å²) in [5.74, 6) is -1.13. The molecule has 1 N–H and O–H groups in total. The summed E-state index contributed by atoms with van der Waals surface area (Å²) >= 11 is 0. The van der Waals surface area contributed by atoms with E-state index in [0.29, 0.717) is 16.7 Å². The predicted molar refractivity (Wildman–Crippen MR) is 82.4 cm³/mol. The van der Waals surface area contributed by atoms with E-state index < -0.39 is 5.97 Å². The Balaban J connectivity index is 2.77. The molecule has 0 aromatic heterocycles. The minimum atomic E-state index is -0.948. The predicted octanol–water partition coefficient (Wildman–Crippen LogP) is 4.93. The number of halogens is 1. The fourth-order valence-electron chi connectivity index (χ4n) is 2.55. The third-order valence-electron chi connectivity index (χ3n) is 3.62. The number of aryl methyl sites for hydroxylation is 2. The van der Waals surface area contributed by atoms with Crippen molar-refractivity contribution in [3.05, 3.63) is 58.4 Å². The molecular weight excluding hydrogens is 267 g/mol. The van der Waals surface area contributed by atoms with Gasteiger partial charge in [0.1, 0.15) is 5.82 Å². The van der Waals surface area contributed by atoms with Crippen LogP contribution in [0, 0.1) is 19.7 Å². The number of carboxylic acids is 1. The van der Waals surface area contributed by atoms with Crippen LogP contribution in [0.15, 0.2) is 30.3 Å². The van der Waals surface area contributed by atoms with Crippen LogP contribution < -0.4 is 0 Å². The standard InChI is InChI=1S/C18H19FO2/c1-10(2)14-7-11(3)8-15(17(14)18(20)21)13-5-6-16(19)12(4)9-13/h5-10H,1-4H3,(H,20,21). The first-order chi connectivity index (χ1) is 9.81. The summed E-state index contributed by atoms with van der Waals surface area (Å²) in [7, 11) is 0. The largest absolute Gasteiger partial charge is 0.478 e. The van der Waals surface area contributed by atoms with Gasteiger partial charge in [-0.05, 0) is 54.2 Å². The molecular formula is C18H19FO2. The highest BCUT2D eigenvalue weighted by Gasteiger charge is 2.19. The first kappa shape index (κ1) is 15.2. The molecule has 2 aromatic carbocycles. The van der Waals surface area contributed by atoms with Crippen LogP contribution >= 0.6 is 0 Å². The summed E-state index contributed by atoms with van der Waals surface area (Å²) in [4.78, 5) is 11.7. The lowest BCUT2D eigenvalue weighted by atomic mass is 9.88. The van der Waals surface area contributed by atoms with Gasteiger partial charge < -0.3 is 5.11 Å². The van der Waals surface area contributed by atoms with Crippen molar-refractivity contribution in [2.75, 3.05) is 0 Å². The lowest BCUT2D eigenvalue weighted by Gasteiger charge is -2.16. The van der Waals surface area contributed by atoms with Gasteiger partial charge in [0.15, 0.2) is 0 Å². The Morgan fingerprint density at radius 3 is 2.33 bits per heavy atom. The average Bonchev–Trinajstić information content (AvgIpc) is 2.40. The third kappa shape index (κ3) is 2.97. The topological polar surface area (TPSA) is 37.3 Å². The minimum absolute atomic E-state index is 0.108. The zero-order valence-corrected chi connectivity index (χ0v) is 12.7. The monoisotopic (exact) mass is 286 g/mol. The number of carboxylic acid groups (broad SMARTS) is 1. The van der Waals surface area contributed by atoms with Crippen molar-refractivity contribution in [2.24, 2.45) is 0 Å². The van der Waals surface area contributed by atoms with E-state index in [1.54, 1.807) is 19.1 Å². The van der Waals surface area contributed by atoms with Gasteiger partial charge in [-0.25, -0.2) is 9.18 Å². The number of hydrogen-bond acceptors (Lipinski definition) is 1. The van der Waals surface area contributed by atoms with E-state index in [4.69, 9.17) is 0 Å². The van der Waals surface area contributed by atoms with E-state index in [9.17, 15) is 14.3 Å². The van der Waals surface area contributed by atoms with Gasteiger partial charge in [0, 0.05) is 0 Å². The average molecular weight is 286 g/mol. The summed E-state index contributed by atoms with van der Waals surface area (Å²) in [5, 5.41) is 9.60. The van der Waals surface area contributed by atoms with E-state index in [0.717, 1.165) is 16.7 Å². The smallest absolute Gasteiger partial charge is 0.336 e. The van der Waals surface area contributed by atoms with E-state index in [2.05, 4.69) is 0 Å².